The topological polar surface area (TPSA) is 114 Å². The molecule has 1 saturated heterocycles. The van der Waals surface area contributed by atoms with Crippen LogP contribution in [0.25, 0.3) is 0 Å². The summed E-state index contributed by atoms with van der Waals surface area (Å²) in [6.45, 7) is 3.92. The van der Waals surface area contributed by atoms with Gasteiger partial charge in [0.15, 0.2) is 11.3 Å². The van der Waals surface area contributed by atoms with Crippen molar-refractivity contribution in [2.45, 2.75) is 38.5 Å². The Morgan fingerprint density at radius 1 is 1.20 bits per heavy atom. The number of alkyl halides is 3. The third-order valence-corrected chi connectivity index (χ3v) is 5.53. The standard InChI is InChI=1S/C21H26ClF3N6O4/c1-2-3-15(13-35-16-12-28-29-19(33)18(16)21(23,24)25)34-9-4-17(32)30-5-7-31(8-6-30)20-26-10-14(22)11-27-20/h10-12,15H,2-9,13H2,1H3,(H,29,33)/t15-/m0/s1. The van der Waals surface area contributed by atoms with E-state index >= 15 is 0 Å². The van der Waals surface area contributed by atoms with Gasteiger partial charge in [0.1, 0.15) is 6.61 Å². The van der Waals surface area contributed by atoms with E-state index in [9.17, 15) is 22.8 Å². The van der Waals surface area contributed by atoms with Crippen molar-refractivity contribution in [1.82, 2.24) is 25.1 Å². The summed E-state index contributed by atoms with van der Waals surface area (Å²) >= 11 is 5.81. The van der Waals surface area contributed by atoms with Gasteiger partial charge in [0.2, 0.25) is 11.9 Å². The fourth-order valence-electron chi connectivity index (χ4n) is 3.57. The highest BCUT2D eigenvalue weighted by Gasteiger charge is 2.38. The lowest BCUT2D eigenvalue weighted by atomic mass is 10.2. The lowest BCUT2D eigenvalue weighted by molar-refractivity contribution is -0.141. The van der Waals surface area contributed by atoms with Crippen molar-refractivity contribution in [3.05, 3.63) is 39.5 Å². The van der Waals surface area contributed by atoms with Crippen LogP contribution in [0.1, 0.15) is 31.7 Å². The molecule has 2 aromatic rings. The highest BCUT2D eigenvalue weighted by atomic mass is 35.5. The van der Waals surface area contributed by atoms with Gasteiger partial charge in [0, 0.05) is 26.2 Å². The summed E-state index contributed by atoms with van der Waals surface area (Å²) in [4.78, 5) is 36.2. The van der Waals surface area contributed by atoms with Crippen LogP contribution in [0.2, 0.25) is 5.02 Å². The third kappa shape index (κ3) is 7.52. The maximum absolute atomic E-state index is 13.2. The normalized spacial score (nSPS) is 15.2. The first kappa shape index (κ1) is 26.7. The molecule has 0 unspecified atom stereocenters. The summed E-state index contributed by atoms with van der Waals surface area (Å²) in [5.41, 5.74) is -2.82. The molecule has 0 radical (unpaired) electrons. The number of piperazine rings is 1. The minimum atomic E-state index is -4.89. The number of H-pyrrole nitrogens is 1. The fraction of sp³-hybridized carbons (Fsp3) is 0.571. The van der Waals surface area contributed by atoms with Crippen LogP contribution in [-0.2, 0) is 15.7 Å². The van der Waals surface area contributed by atoms with Crippen molar-refractivity contribution < 1.29 is 27.4 Å². The summed E-state index contributed by atoms with van der Waals surface area (Å²) < 4.78 is 50.5. The highest BCUT2D eigenvalue weighted by molar-refractivity contribution is 6.30. The predicted molar refractivity (Wildman–Crippen MR) is 120 cm³/mol. The molecule has 14 heteroatoms. The van der Waals surface area contributed by atoms with Crippen molar-refractivity contribution in [3.63, 3.8) is 0 Å². The van der Waals surface area contributed by atoms with E-state index in [-0.39, 0.29) is 25.5 Å². The van der Waals surface area contributed by atoms with Gasteiger partial charge in [0.05, 0.1) is 42.7 Å². The van der Waals surface area contributed by atoms with E-state index in [0.717, 1.165) is 6.20 Å². The van der Waals surface area contributed by atoms with E-state index in [1.807, 2.05) is 11.8 Å². The Morgan fingerprint density at radius 3 is 2.51 bits per heavy atom. The number of rotatable bonds is 10. The number of aromatic amines is 1. The van der Waals surface area contributed by atoms with Crippen LogP contribution in [0.15, 0.2) is 23.4 Å². The van der Waals surface area contributed by atoms with Crippen molar-refractivity contribution in [2.75, 3.05) is 44.3 Å². The summed E-state index contributed by atoms with van der Waals surface area (Å²) in [6.07, 6.45) is -0.265. The van der Waals surface area contributed by atoms with Crippen molar-refractivity contribution in [3.8, 4) is 5.75 Å². The van der Waals surface area contributed by atoms with Crippen LogP contribution in [-0.4, -0.2) is 76.5 Å². The van der Waals surface area contributed by atoms with Gasteiger partial charge in [-0.15, -0.1) is 0 Å². The number of amides is 1. The van der Waals surface area contributed by atoms with Crippen LogP contribution < -0.4 is 15.2 Å². The summed E-state index contributed by atoms with van der Waals surface area (Å²) in [5.74, 6) is -0.197. The maximum Gasteiger partial charge on any atom is 0.425 e. The quantitative estimate of drug-likeness (QED) is 0.510. The second-order valence-electron chi connectivity index (χ2n) is 7.85. The molecular formula is C21H26ClF3N6O4. The second kappa shape index (κ2) is 12.2. The number of anilines is 1. The molecule has 3 rings (SSSR count). The lowest BCUT2D eigenvalue weighted by Crippen LogP contribution is -2.49. The van der Waals surface area contributed by atoms with Crippen molar-refractivity contribution in [1.29, 1.82) is 0 Å². The number of aromatic nitrogens is 4. The Balaban J connectivity index is 1.46. The molecule has 192 valence electrons. The fourth-order valence-corrected chi connectivity index (χ4v) is 3.67. The number of carbonyl (C=O) groups excluding carboxylic acids is 1. The minimum absolute atomic E-state index is 0.0870. The summed E-state index contributed by atoms with van der Waals surface area (Å²) in [7, 11) is 0. The van der Waals surface area contributed by atoms with E-state index in [1.54, 1.807) is 10.00 Å². The zero-order chi connectivity index (χ0) is 25.4. The molecule has 1 fully saturated rings. The smallest absolute Gasteiger partial charge is 0.425 e. The molecule has 10 nitrogen and oxygen atoms in total. The van der Waals surface area contributed by atoms with E-state index in [0.29, 0.717) is 50.0 Å². The highest BCUT2D eigenvalue weighted by Crippen LogP contribution is 2.32. The van der Waals surface area contributed by atoms with Gasteiger partial charge in [-0.25, -0.2) is 15.1 Å². The Hall–Kier alpha value is -2.93. The molecule has 1 N–H and O–H groups in total. The summed E-state index contributed by atoms with van der Waals surface area (Å²) in [5, 5.41) is 5.58. The number of ether oxygens (including phenoxy) is 2. The first-order chi connectivity index (χ1) is 16.7. The number of hydrogen-bond acceptors (Lipinski definition) is 8. The number of carbonyl (C=O) groups is 1. The maximum atomic E-state index is 13.2. The van der Waals surface area contributed by atoms with E-state index in [4.69, 9.17) is 21.1 Å². The first-order valence-electron chi connectivity index (χ1n) is 11.1. The zero-order valence-corrected chi connectivity index (χ0v) is 19.8. The Labute approximate surface area is 204 Å². The van der Waals surface area contributed by atoms with Gasteiger partial charge < -0.3 is 19.3 Å². The average Bonchev–Trinajstić information content (AvgIpc) is 2.82. The molecule has 0 spiro atoms. The molecule has 2 aromatic heterocycles. The van der Waals surface area contributed by atoms with Gasteiger partial charge in [-0.3, -0.25) is 9.59 Å². The van der Waals surface area contributed by atoms with Crippen LogP contribution >= 0.6 is 11.6 Å². The molecule has 35 heavy (non-hydrogen) atoms. The molecule has 0 aliphatic carbocycles. The first-order valence-corrected chi connectivity index (χ1v) is 11.5. The molecule has 1 amide bonds. The van der Waals surface area contributed by atoms with Gasteiger partial charge in [-0.05, 0) is 6.42 Å². The predicted octanol–water partition coefficient (Wildman–Crippen LogP) is 2.54. The Morgan fingerprint density at radius 2 is 1.89 bits per heavy atom. The van der Waals surface area contributed by atoms with Crippen LogP contribution in [0.5, 0.6) is 5.75 Å². The molecule has 1 atom stereocenters. The van der Waals surface area contributed by atoms with E-state index < -0.39 is 29.2 Å². The van der Waals surface area contributed by atoms with Gasteiger partial charge in [-0.2, -0.15) is 18.3 Å². The third-order valence-electron chi connectivity index (χ3n) is 5.33. The molecule has 0 saturated carbocycles. The lowest BCUT2D eigenvalue weighted by Gasteiger charge is -2.34. The average molecular weight is 519 g/mol. The second-order valence-corrected chi connectivity index (χ2v) is 8.28. The molecule has 1 aliphatic heterocycles. The van der Waals surface area contributed by atoms with Crippen molar-refractivity contribution in [2.24, 2.45) is 0 Å². The molecule has 3 heterocycles. The van der Waals surface area contributed by atoms with Gasteiger partial charge in [-0.1, -0.05) is 24.9 Å². The monoisotopic (exact) mass is 518 g/mol. The van der Waals surface area contributed by atoms with E-state index in [1.165, 1.54) is 12.4 Å². The van der Waals surface area contributed by atoms with Gasteiger partial charge >= 0.3 is 6.18 Å². The number of halogens is 4. The SMILES string of the molecule is CCC[C@@H](COc1cn[nH]c(=O)c1C(F)(F)F)OCCC(=O)N1CCN(c2ncc(Cl)cn2)CC1. The van der Waals surface area contributed by atoms with Crippen molar-refractivity contribution >= 4 is 23.5 Å². The van der Waals surface area contributed by atoms with Gasteiger partial charge in [0.25, 0.3) is 5.56 Å². The van der Waals surface area contributed by atoms with Crippen LogP contribution in [0, 0.1) is 0 Å². The number of nitrogens with zero attached hydrogens (tertiary/aromatic N) is 5. The molecule has 1 aliphatic rings. The minimum Gasteiger partial charge on any atom is -0.488 e. The van der Waals surface area contributed by atoms with Crippen LogP contribution in [0.3, 0.4) is 0 Å². The largest absolute Gasteiger partial charge is 0.488 e. The Kier molecular flexibility index (Phi) is 9.26. The zero-order valence-electron chi connectivity index (χ0n) is 19.1. The number of hydrogen-bond donors (Lipinski definition) is 1. The van der Waals surface area contributed by atoms with E-state index in [2.05, 4.69) is 15.1 Å². The molecule has 0 bridgehead atoms. The summed E-state index contributed by atoms with van der Waals surface area (Å²) in [6, 6.07) is 0. The molecule has 0 aromatic carbocycles. The number of nitrogens with one attached hydrogen (secondary N) is 1. The van der Waals surface area contributed by atoms with Crippen LogP contribution in [0.4, 0.5) is 19.1 Å². The Bertz CT molecular complexity index is 1030. The molecular weight excluding hydrogens is 493 g/mol.